The van der Waals surface area contributed by atoms with Gasteiger partial charge in [-0.25, -0.2) is 9.67 Å². The highest BCUT2D eigenvalue weighted by atomic mass is 16.2. The Morgan fingerprint density at radius 2 is 2.00 bits per heavy atom. The van der Waals surface area contributed by atoms with Gasteiger partial charge in [0.15, 0.2) is 5.69 Å². The Morgan fingerprint density at radius 3 is 2.83 bits per heavy atom. The van der Waals surface area contributed by atoms with Gasteiger partial charge in [0.25, 0.3) is 11.8 Å². The van der Waals surface area contributed by atoms with E-state index in [9.17, 15) is 19.2 Å². The van der Waals surface area contributed by atoms with E-state index in [-0.39, 0.29) is 29.8 Å². The molecule has 12 heteroatoms. The first-order chi connectivity index (χ1) is 16.9. The SMILES string of the molecule is Cc1ncc2n1CCN(C(=O)c1cn(-c3ccc4c(c3)C(=O)N(C3CCC(=O)NC3=O)C4)nn1)C2. The number of rotatable bonds is 3. The van der Waals surface area contributed by atoms with Crippen LogP contribution in [-0.2, 0) is 29.2 Å². The number of aromatic nitrogens is 5. The third-order valence-electron chi connectivity index (χ3n) is 6.86. The summed E-state index contributed by atoms with van der Waals surface area (Å²) in [5, 5.41) is 10.5. The minimum Gasteiger partial charge on any atom is -0.330 e. The van der Waals surface area contributed by atoms with Gasteiger partial charge in [-0.05, 0) is 31.0 Å². The Hall–Kier alpha value is -4.35. The van der Waals surface area contributed by atoms with Gasteiger partial charge in [0.05, 0.1) is 30.3 Å². The molecule has 0 bridgehead atoms. The van der Waals surface area contributed by atoms with Crippen LogP contribution in [0.25, 0.3) is 5.69 Å². The number of carbonyl (C=O) groups is 4. The van der Waals surface area contributed by atoms with Gasteiger partial charge in [0.2, 0.25) is 11.8 Å². The average molecular weight is 474 g/mol. The van der Waals surface area contributed by atoms with Gasteiger partial charge in [-0.15, -0.1) is 5.10 Å². The quantitative estimate of drug-likeness (QED) is 0.535. The number of nitrogens with zero attached hydrogens (tertiary/aromatic N) is 7. The van der Waals surface area contributed by atoms with Crippen molar-refractivity contribution in [1.29, 1.82) is 0 Å². The molecule has 3 aliphatic heterocycles. The summed E-state index contributed by atoms with van der Waals surface area (Å²) in [5.41, 5.74) is 3.04. The van der Waals surface area contributed by atoms with E-state index in [0.29, 0.717) is 43.9 Å². The number of imidazole rings is 1. The lowest BCUT2D eigenvalue weighted by Crippen LogP contribution is -2.52. The Morgan fingerprint density at radius 1 is 1.14 bits per heavy atom. The first-order valence-corrected chi connectivity index (χ1v) is 11.4. The second kappa shape index (κ2) is 7.86. The molecule has 1 saturated heterocycles. The summed E-state index contributed by atoms with van der Waals surface area (Å²) in [6, 6.07) is 4.63. The van der Waals surface area contributed by atoms with E-state index >= 15 is 0 Å². The van der Waals surface area contributed by atoms with Gasteiger partial charge in [0.1, 0.15) is 11.9 Å². The topological polar surface area (TPSA) is 135 Å². The number of aryl methyl sites for hydroxylation is 1. The third-order valence-corrected chi connectivity index (χ3v) is 6.86. The molecular formula is C23H22N8O4. The Bertz CT molecular complexity index is 1410. The van der Waals surface area contributed by atoms with E-state index in [4.69, 9.17) is 0 Å². The molecule has 1 fully saturated rings. The monoisotopic (exact) mass is 474 g/mol. The highest BCUT2D eigenvalue weighted by Gasteiger charge is 2.39. The Labute approximate surface area is 199 Å². The molecule has 0 spiro atoms. The number of benzene rings is 1. The first kappa shape index (κ1) is 21.2. The summed E-state index contributed by atoms with van der Waals surface area (Å²) in [6.45, 7) is 3.93. The van der Waals surface area contributed by atoms with Crippen LogP contribution in [0.2, 0.25) is 0 Å². The van der Waals surface area contributed by atoms with E-state index in [1.165, 1.54) is 9.58 Å². The van der Waals surface area contributed by atoms with Crippen LogP contribution in [0.4, 0.5) is 0 Å². The van der Waals surface area contributed by atoms with Crippen LogP contribution < -0.4 is 5.32 Å². The minimum atomic E-state index is -0.670. The largest absolute Gasteiger partial charge is 0.330 e. The lowest BCUT2D eigenvalue weighted by molar-refractivity contribution is -0.136. The lowest BCUT2D eigenvalue weighted by Gasteiger charge is -2.29. The van der Waals surface area contributed by atoms with E-state index in [1.807, 2.05) is 13.0 Å². The maximum absolute atomic E-state index is 13.1. The zero-order valence-corrected chi connectivity index (χ0v) is 19.0. The zero-order chi connectivity index (χ0) is 24.3. The maximum atomic E-state index is 13.1. The number of nitrogens with one attached hydrogen (secondary N) is 1. The van der Waals surface area contributed by atoms with Crippen LogP contribution >= 0.6 is 0 Å². The number of amides is 4. The van der Waals surface area contributed by atoms with Crippen molar-refractivity contribution in [3.63, 3.8) is 0 Å². The smallest absolute Gasteiger partial charge is 0.276 e. The molecule has 35 heavy (non-hydrogen) atoms. The van der Waals surface area contributed by atoms with Gasteiger partial charge >= 0.3 is 0 Å². The van der Waals surface area contributed by atoms with Crippen LogP contribution in [0.3, 0.4) is 0 Å². The predicted octanol–water partition coefficient (Wildman–Crippen LogP) is 0.189. The van der Waals surface area contributed by atoms with E-state index < -0.39 is 11.9 Å². The van der Waals surface area contributed by atoms with E-state index in [1.54, 1.807) is 29.4 Å². The lowest BCUT2D eigenvalue weighted by atomic mass is 10.0. The number of hydrogen-bond donors (Lipinski definition) is 1. The van der Waals surface area contributed by atoms with Gasteiger partial charge in [-0.3, -0.25) is 24.5 Å². The van der Waals surface area contributed by atoms with Crippen LogP contribution in [0.5, 0.6) is 0 Å². The van der Waals surface area contributed by atoms with Crippen molar-refractivity contribution in [2.24, 2.45) is 0 Å². The number of hydrogen-bond acceptors (Lipinski definition) is 7. The number of piperidine rings is 1. The molecule has 1 aromatic carbocycles. The molecule has 3 aliphatic rings. The standard InChI is InChI=1S/C23H22N8O4/c1-13-24-9-16-11-28(6-7-29(13)16)23(35)18-12-31(27-26-18)15-3-2-14-10-30(22(34)17(14)8-15)19-4-5-20(32)25-21(19)33/h2-3,8-9,12,19H,4-7,10-11H2,1H3,(H,25,32,33). The summed E-state index contributed by atoms with van der Waals surface area (Å²) in [5.74, 6) is -0.325. The second-order valence-corrected chi connectivity index (χ2v) is 8.96. The molecule has 2 aromatic heterocycles. The van der Waals surface area contributed by atoms with Crippen molar-refractivity contribution in [2.45, 2.75) is 45.4 Å². The van der Waals surface area contributed by atoms with Gasteiger partial charge in [0, 0.05) is 31.6 Å². The molecule has 1 N–H and O–H groups in total. The molecule has 5 heterocycles. The van der Waals surface area contributed by atoms with E-state index in [0.717, 1.165) is 17.1 Å². The average Bonchev–Trinajstić information content (AvgIpc) is 3.57. The second-order valence-electron chi connectivity index (χ2n) is 8.96. The summed E-state index contributed by atoms with van der Waals surface area (Å²) in [4.78, 5) is 57.3. The molecule has 1 atom stereocenters. The highest BCUT2D eigenvalue weighted by molar-refractivity contribution is 6.05. The number of carbonyl (C=O) groups excluding carboxylic acids is 4. The minimum absolute atomic E-state index is 0.205. The van der Waals surface area contributed by atoms with Crippen LogP contribution in [0.15, 0.2) is 30.6 Å². The summed E-state index contributed by atoms with van der Waals surface area (Å²) in [7, 11) is 0. The molecule has 1 unspecified atom stereocenters. The van der Waals surface area contributed by atoms with Crippen molar-refractivity contribution in [1.82, 2.24) is 39.7 Å². The van der Waals surface area contributed by atoms with Crippen molar-refractivity contribution in [3.8, 4) is 5.69 Å². The molecule has 6 rings (SSSR count). The fraction of sp³-hybridized carbons (Fsp3) is 0.348. The molecule has 3 aromatic rings. The molecule has 0 saturated carbocycles. The normalized spacial score (nSPS) is 19.6. The molecule has 178 valence electrons. The van der Waals surface area contributed by atoms with Crippen LogP contribution in [0.1, 0.15) is 50.8 Å². The first-order valence-electron chi connectivity index (χ1n) is 11.4. The van der Waals surface area contributed by atoms with Crippen LogP contribution in [-0.4, -0.2) is 70.6 Å². The van der Waals surface area contributed by atoms with Crippen LogP contribution in [0, 0.1) is 6.92 Å². The van der Waals surface area contributed by atoms with Crippen molar-refractivity contribution in [2.75, 3.05) is 6.54 Å². The van der Waals surface area contributed by atoms with Crippen molar-refractivity contribution < 1.29 is 19.2 Å². The maximum Gasteiger partial charge on any atom is 0.276 e. The molecular weight excluding hydrogens is 452 g/mol. The van der Waals surface area contributed by atoms with Gasteiger partial charge in [-0.1, -0.05) is 11.3 Å². The predicted molar refractivity (Wildman–Crippen MR) is 119 cm³/mol. The summed E-state index contributed by atoms with van der Waals surface area (Å²) >= 11 is 0. The van der Waals surface area contributed by atoms with Gasteiger partial charge in [-0.2, -0.15) is 0 Å². The van der Waals surface area contributed by atoms with Crippen molar-refractivity contribution in [3.05, 3.63) is 58.9 Å². The highest BCUT2D eigenvalue weighted by Crippen LogP contribution is 2.29. The molecule has 0 radical (unpaired) electrons. The third kappa shape index (κ3) is 3.49. The van der Waals surface area contributed by atoms with E-state index in [2.05, 4.69) is 25.2 Å². The number of imide groups is 1. The zero-order valence-electron chi connectivity index (χ0n) is 19.0. The Kier molecular flexibility index (Phi) is 4.76. The fourth-order valence-electron chi connectivity index (χ4n) is 4.95. The van der Waals surface area contributed by atoms with Gasteiger partial charge < -0.3 is 14.4 Å². The summed E-state index contributed by atoms with van der Waals surface area (Å²) < 4.78 is 3.56. The fourth-order valence-corrected chi connectivity index (χ4v) is 4.95. The summed E-state index contributed by atoms with van der Waals surface area (Å²) in [6.07, 6.45) is 3.85. The Balaban J connectivity index is 1.20. The molecule has 0 aliphatic carbocycles. The number of fused-ring (bicyclic) bond motifs is 2. The van der Waals surface area contributed by atoms with Crippen molar-refractivity contribution >= 4 is 23.6 Å². The molecule has 4 amide bonds. The molecule has 12 nitrogen and oxygen atoms in total.